The molecule has 6 nitrogen and oxygen atoms in total. The summed E-state index contributed by atoms with van der Waals surface area (Å²) >= 11 is 0. The third-order valence-electron chi connectivity index (χ3n) is 5.15. The van der Waals surface area contributed by atoms with E-state index in [0.29, 0.717) is 5.57 Å². The Morgan fingerprint density at radius 3 is 2.78 bits per heavy atom. The van der Waals surface area contributed by atoms with Crippen molar-refractivity contribution < 1.29 is 9.53 Å². The number of anilines is 1. The summed E-state index contributed by atoms with van der Waals surface area (Å²) < 4.78 is 7.20. The molecule has 0 spiro atoms. The molecule has 2 aromatic carbocycles. The molecule has 0 radical (unpaired) electrons. The number of para-hydroxylation sites is 3. The molecule has 134 valence electrons. The van der Waals surface area contributed by atoms with Gasteiger partial charge < -0.3 is 15.0 Å². The Labute approximate surface area is 155 Å². The van der Waals surface area contributed by atoms with Crippen LogP contribution in [0.25, 0.3) is 21.9 Å². The van der Waals surface area contributed by atoms with Crippen molar-refractivity contribution in [1.82, 2.24) is 14.5 Å². The van der Waals surface area contributed by atoms with Gasteiger partial charge in [0.1, 0.15) is 0 Å². The molecule has 3 heterocycles. The van der Waals surface area contributed by atoms with Gasteiger partial charge >= 0.3 is 5.97 Å². The number of methoxy groups -OCH3 is 1. The highest BCUT2D eigenvalue weighted by atomic mass is 16.5. The first kappa shape index (κ1) is 15.7. The van der Waals surface area contributed by atoms with E-state index in [-0.39, 0.29) is 12.0 Å². The van der Waals surface area contributed by atoms with Crippen molar-refractivity contribution >= 4 is 33.9 Å². The second-order valence-corrected chi connectivity index (χ2v) is 6.64. The molecule has 0 bridgehead atoms. The first-order chi connectivity index (χ1) is 13.2. The molecule has 0 saturated heterocycles. The number of hydrogen-bond donors (Lipinski definition) is 2. The van der Waals surface area contributed by atoms with Crippen molar-refractivity contribution in [3.05, 3.63) is 71.6 Å². The minimum atomic E-state index is -0.348. The van der Waals surface area contributed by atoms with Gasteiger partial charge in [0.25, 0.3) is 0 Å². The van der Waals surface area contributed by atoms with E-state index in [1.54, 1.807) is 0 Å². The summed E-state index contributed by atoms with van der Waals surface area (Å²) in [7, 11) is 1.41. The summed E-state index contributed by atoms with van der Waals surface area (Å²) in [5.74, 6) is 0.371. The van der Waals surface area contributed by atoms with E-state index in [4.69, 9.17) is 9.72 Å². The third kappa shape index (κ3) is 2.19. The number of allylic oxidation sites excluding steroid dienone is 1. The SMILES string of the molecule is COC(=O)C1=C(C)Nc2nc3ccccc3n2[C@@H]1c1c[nH]c2ccccc12. The van der Waals surface area contributed by atoms with E-state index in [1.165, 1.54) is 7.11 Å². The number of aromatic amines is 1. The average Bonchev–Trinajstić information content (AvgIpc) is 3.27. The number of ether oxygens (including phenoxy) is 1. The van der Waals surface area contributed by atoms with Crippen LogP contribution in [0.3, 0.4) is 0 Å². The summed E-state index contributed by atoms with van der Waals surface area (Å²) in [5, 5.41) is 4.35. The van der Waals surface area contributed by atoms with Crippen LogP contribution >= 0.6 is 0 Å². The van der Waals surface area contributed by atoms with Crippen molar-refractivity contribution in [2.45, 2.75) is 13.0 Å². The topological polar surface area (TPSA) is 71.9 Å². The number of H-pyrrole nitrogens is 1. The Hall–Kier alpha value is -3.54. The van der Waals surface area contributed by atoms with E-state index in [1.807, 2.05) is 55.6 Å². The van der Waals surface area contributed by atoms with Crippen molar-refractivity contribution in [3.63, 3.8) is 0 Å². The largest absolute Gasteiger partial charge is 0.466 e. The van der Waals surface area contributed by atoms with Gasteiger partial charge in [-0.15, -0.1) is 0 Å². The first-order valence-electron chi connectivity index (χ1n) is 8.78. The van der Waals surface area contributed by atoms with Crippen LogP contribution < -0.4 is 5.32 Å². The molecule has 0 aliphatic carbocycles. The predicted octanol–water partition coefficient (Wildman–Crippen LogP) is 3.98. The van der Waals surface area contributed by atoms with Crippen LogP contribution in [0.15, 0.2) is 66.0 Å². The Bertz CT molecular complexity index is 1230. The van der Waals surface area contributed by atoms with E-state index < -0.39 is 0 Å². The molecule has 0 unspecified atom stereocenters. The molecule has 1 aliphatic heterocycles. The molecule has 2 N–H and O–H groups in total. The minimum Gasteiger partial charge on any atom is -0.466 e. The number of imidazole rings is 1. The van der Waals surface area contributed by atoms with Crippen LogP contribution in [0, 0.1) is 0 Å². The summed E-state index contributed by atoms with van der Waals surface area (Å²) in [6, 6.07) is 15.7. The molecule has 27 heavy (non-hydrogen) atoms. The molecule has 0 fully saturated rings. The van der Waals surface area contributed by atoms with Gasteiger partial charge in [-0.25, -0.2) is 9.78 Å². The second kappa shape index (κ2) is 5.74. The van der Waals surface area contributed by atoms with Gasteiger partial charge in [-0.1, -0.05) is 30.3 Å². The van der Waals surface area contributed by atoms with Crippen molar-refractivity contribution in [3.8, 4) is 0 Å². The molecule has 5 rings (SSSR count). The monoisotopic (exact) mass is 358 g/mol. The number of nitrogens with zero attached hydrogens (tertiary/aromatic N) is 2. The molecule has 4 aromatic rings. The maximum atomic E-state index is 12.7. The lowest BCUT2D eigenvalue weighted by Gasteiger charge is -2.29. The zero-order valence-corrected chi connectivity index (χ0v) is 15.0. The molecule has 1 aliphatic rings. The molecule has 0 saturated carbocycles. The third-order valence-corrected chi connectivity index (χ3v) is 5.15. The van der Waals surface area contributed by atoms with Gasteiger partial charge in [0.2, 0.25) is 5.95 Å². The van der Waals surface area contributed by atoms with Crippen LogP contribution in [0.2, 0.25) is 0 Å². The van der Waals surface area contributed by atoms with E-state index in [9.17, 15) is 4.79 Å². The van der Waals surface area contributed by atoms with E-state index >= 15 is 0 Å². The Morgan fingerprint density at radius 1 is 1.15 bits per heavy atom. The number of nitrogens with one attached hydrogen (secondary N) is 2. The minimum absolute atomic E-state index is 0.336. The van der Waals surface area contributed by atoms with Crippen LogP contribution in [-0.4, -0.2) is 27.6 Å². The van der Waals surface area contributed by atoms with Crippen LogP contribution in [0.4, 0.5) is 5.95 Å². The molecule has 6 heteroatoms. The van der Waals surface area contributed by atoms with Crippen molar-refractivity contribution in [1.29, 1.82) is 0 Å². The van der Waals surface area contributed by atoms with Gasteiger partial charge in [0.15, 0.2) is 0 Å². The number of esters is 1. The zero-order chi connectivity index (χ0) is 18.5. The summed E-state index contributed by atoms with van der Waals surface area (Å²) in [6.45, 7) is 1.89. The van der Waals surface area contributed by atoms with Crippen LogP contribution in [0.1, 0.15) is 18.5 Å². The first-order valence-corrected chi connectivity index (χ1v) is 8.78. The Kier molecular flexibility index (Phi) is 3.33. The Balaban J connectivity index is 1.86. The van der Waals surface area contributed by atoms with Crippen LogP contribution in [-0.2, 0) is 9.53 Å². The molecular formula is C21H18N4O2. The van der Waals surface area contributed by atoms with Crippen LogP contribution in [0.5, 0.6) is 0 Å². The average molecular weight is 358 g/mol. The summed E-state index contributed by atoms with van der Waals surface area (Å²) in [6.07, 6.45) is 1.97. The predicted molar refractivity (Wildman–Crippen MR) is 105 cm³/mol. The second-order valence-electron chi connectivity index (χ2n) is 6.64. The summed E-state index contributed by atoms with van der Waals surface area (Å²) in [5.41, 5.74) is 5.21. The standard InChI is InChI=1S/C21H18N4O2/c1-12-18(20(26)27-2)19(14-11-22-15-8-4-3-7-13(14)15)25-17-10-6-5-9-16(17)24-21(25)23-12/h3-11,19,22H,1-2H3,(H,23,24)/t19-/m1/s1. The van der Waals surface area contributed by atoms with Gasteiger partial charge in [-0.05, 0) is 25.1 Å². The lowest BCUT2D eigenvalue weighted by Crippen LogP contribution is -2.28. The quantitative estimate of drug-likeness (QED) is 0.532. The Morgan fingerprint density at radius 2 is 1.93 bits per heavy atom. The lowest BCUT2D eigenvalue weighted by atomic mass is 9.94. The maximum Gasteiger partial charge on any atom is 0.337 e. The fourth-order valence-electron chi connectivity index (χ4n) is 3.95. The fourth-order valence-corrected chi connectivity index (χ4v) is 3.95. The van der Waals surface area contributed by atoms with E-state index in [2.05, 4.69) is 20.9 Å². The molecule has 2 aromatic heterocycles. The number of fused-ring (bicyclic) bond motifs is 4. The van der Waals surface area contributed by atoms with Crippen molar-refractivity contribution in [2.75, 3.05) is 12.4 Å². The number of rotatable bonds is 2. The molecular weight excluding hydrogens is 340 g/mol. The number of benzene rings is 2. The van der Waals surface area contributed by atoms with Gasteiger partial charge in [-0.3, -0.25) is 4.57 Å². The molecule has 0 amide bonds. The van der Waals surface area contributed by atoms with Crippen molar-refractivity contribution in [2.24, 2.45) is 0 Å². The number of carbonyl (C=O) groups is 1. The highest BCUT2D eigenvalue weighted by Crippen LogP contribution is 2.41. The van der Waals surface area contributed by atoms with E-state index in [0.717, 1.165) is 39.1 Å². The number of hydrogen-bond acceptors (Lipinski definition) is 4. The number of carbonyl (C=O) groups excluding carboxylic acids is 1. The smallest absolute Gasteiger partial charge is 0.337 e. The summed E-state index contributed by atoms with van der Waals surface area (Å²) in [4.78, 5) is 20.8. The van der Waals surface area contributed by atoms with Gasteiger partial charge in [-0.2, -0.15) is 0 Å². The normalized spacial score (nSPS) is 16.4. The highest BCUT2D eigenvalue weighted by molar-refractivity contribution is 5.96. The zero-order valence-electron chi connectivity index (χ0n) is 15.0. The maximum absolute atomic E-state index is 12.7. The number of aromatic nitrogens is 3. The van der Waals surface area contributed by atoms with Gasteiger partial charge in [0, 0.05) is 28.4 Å². The highest BCUT2D eigenvalue weighted by Gasteiger charge is 2.35. The van der Waals surface area contributed by atoms with Gasteiger partial charge in [0.05, 0.1) is 29.8 Å². The lowest BCUT2D eigenvalue weighted by molar-refractivity contribution is -0.136. The fraction of sp³-hybridized carbons (Fsp3) is 0.143. The molecule has 1 atom stereocenters.